The highest BCUT2D eigenvalue weighted by Gasteiger charge is 2.19. The number of nitrogens with zero attached hydrogens (tertiary/aromatic N) is 4. The Morgan fingerprint density at radius 2 is 1.95 bits per heavy atom. The first-order valence-electron chi connectivity index (χ1n) is 6.93. The molecule has 0 atom stereocenters. The van der Waals surface area contributed by atoms with Gasteiger partial charge >= 0.3 is 0 Å². The number of aromatic nitrogens is 3. The van der Waals surface area contributed by atoms with E-state index >= 15 is 0 Å². The van der Waals surface area contributed by atoms with Gasteiger partial charge in [0.05, 0.1) is 11.3 Å². The molecule has 108 valence electrons. The van der Waals surface area contributed by atoms with Crippen LogP contribution in [0.15, 0.2) is 24.5 Å². The van der Waals surface area contributed by atoms with Crippen LogP contribution in [0.3, 0.4) is 0 Å². The Bertz CT molecular complexity index is 680. The van der Waals surface area contributed by atoms with Gasteiger partial charge in [0.15, 0.2) is 0 Å². The van der Waals surface area contributed by atoms with Crippen molar-refractivity contribution in [3.8, 4) is 17.3 Å². The van der Waals surface area contributed by atoms with Crippen molar-refractivity contribution in [2.75, 3.05) is 11.9 Å². The van der Waals surface area contributed by atoms with Crippen LogP contribution >= 0.6 is 0 Å². The Morgan fingerprint density at radius 3 is 2.57 bits per heavy atom. The van der Waals surface area contributed by atoms with Gasteiger partial charge in [0.1, 0.15) is 17.7 Å². The van der Waals surface area contributed by atoms with E-state index in [0.717, 1.165) is 29.4 Å². The second-order valence-electron chi connectivity index (χ2n) is 5.82. The Morgan fingerprint density at radius 1 is 1.19 bits per heavy atom. The number of hydrogen-bond donors (Lipinski definition) is 1. The molecule has 0 aliphatic heterocycles. The van der Waals surface area contributed by atoms with Crippen LogP contribution in [-0.4, -0.2) is 21.5 Å². The highest BCUT2D eigenvalue weighted by molar-refractivity contribution is 5.63. The third kappa shape index (κ3) is 3.54. The quantitative estimate of drug-likeness (QED) is 0.935. The molecule has 21 heavy (non-hydrogen) atoms. The van der Waals surface area contributed by atoms with E-state index in [1.165, 1.54) is 0 Å². The minimum absolute atomic E-state index is 0.152. The second kappa shape index (κ2) is 5.88. The molecule has 0 saturated heterocycles. The number of hydrogen-bond acceptors (Lipinski definition) is 5. The summed E-state index contributed by atoms with van der Waals surface area (Å²) < 4.78 is 0. The maximum absolute atomic E-state index is 9.00. The topological polar surface area (TPSA) is 74.5 Å². The molecule has 0 fully saturated rings. The first-order chi connectivity index (χ1) is 9.94. The number of anilines is 1. The summed E-state index contributed by atoms with van der Waals surface area (Å²) >= 11 is 0. The second-order valence-corrected chi connectivity index (χ2v) is 5.82. The van der Waals surface area contributed by atoms with Crippen LogP contribution in [-0.2, 0) is 5.41 Å². The standard InChI is InChI=1S/C16H19N5/c1-5-19-14-7-13(20-15(21-14)16(2,3)4)12-6-11(8-17)9-18-10-12/h6-7,9-10H,5H2,1-4H3,(H,19,20,21). The summed E-state index contributed by atoms with van der Waals surface area (Å²) in [6, 6.07) is 5.78. The molecule has 2 aromatic heterocycles. The molecular weight excluding hydrogens is 262 g/mol. The lowest BCUT2D eigenvalue weighted by molar-refractivity contribution is 0.546. The van der Waals surface area contributed by atoms with Gasteiger partial charge in [0.25, 0.3) is 0 Å². The highest BCUT2D eigenvalue weighted by atomic mass is 15.0. The van der Waals surface area contributed by atoms with Crippen LogP contribution in [0, 0.1) is 11.3 Å². The van der Waals surface area contributed by atoms with Crippen molar-refractivity contribution in [1.82, 2.24) is 15.0 Å². The summed E-state index contributed by atoms with van der Waals surface area (Å²) in [7, 11) is 0. The van der Waals surface area contributed by atoms with Crippen molar-refractivity contribution >= 4 is 5.82 Å². The third-order valence-corrected chi connectivity index (χ3v) is 2.92. The molecule has 0 aliphatic rings. The molecule has 0 amide bonds. The molecule has 0 unspecified atom stereocenters. The Kier molecular flexibility index (Phi) is 4.18. The summed E-state index contributed by atoms with van der Waals surface area (Å²) in [5.41, 5.74) is 1.96. The van der Waals surface area contributed by atoms with Gasteiger partial charge in [-0.2, -0.15) is 5.26 Å². The molecule has 0 spiro atoms. The summed E-state index contributed by atoms with van der Waals surface area (Å²) in [5, 5.41) is 12.2. The lowest BCUT2D eigenvalue weighted by Crippen LogP contribution is -2.17. The maximum Gasteiger partial charge on any atom is 0.136 e. The summed E-state index contributed by atoms with van der Waals surface area (Å²) in [6.45, 7) is 9.04. The third-order valence-electron chi connectivity index (χ3n) is 2.92. The van der Waals surface area contributed by atoms with Gasteiger partial charge in [-0.25, -0.2) is 9.97 Å². The zero-order valence-electron chi connectivity index (χ0n) is 12.8. The van der Waals surface area contributed by atoms with E-state index in [0.29, 0.717) is 5.56 Å². The largest absolute Gasteiger partial charge is 0.370 e. The van der Waals surface area contributed by atoms with Gasteiger partial charge in [0, 0.05) is 36.0 Å². The first-order valence-corrected chi connectivity index (χ1v) is 6.93. The normalized spacial score (nSPS) is 11.0. The molecule has 5 heteroatoms. The Hall–Kier alpha value is -2.48. The van der Waals surface area contributed by atoms with E-state index in [1.807, 2.05) is 13.0 Å². The molecule has 0 radical (unpaired) electrons. The molecule has 0 aliphatic carbocycles. The zero-order valence-corrected chi connectivity index (χ0v) is 12.8. The van der Waals surface area contributed by atoms with Gasteiger partial charge in [0.2, 0.25) is 0 Å². The first kappa shape index (κ1) is 14.9. The fraction of sp³-hybridized carbons (Fsp3) is 0.375. The lowest BCUT2D eigenvalue weighted by Gasteiger charge is -2.19. The molecule has 2 heterocycles. The SMILES string of the molecule is CCNc1cc(-c2cncc(C#N)c2)nc(C(C)(C)C)n1. The van der Waals surface area contributed by atoms with Crippen molar-refractivity contribution in [2.24, 2.45) is 0 Å². The predicted molar refractivity (Wildman–Crippen MR) is 82.8 cm³/mol. The summed E-state index contributed by atoms with van der Waals surface area (Å²) in [4.78, 5) is 13.3. The molecule has 5 nitrogen and oxygen atoms in total. The maximum atomic E-state index is 9.00. The molecule has 1 N–H and O–H groups in total. The van der Waals surface area contributed by atoms with E-state index < -0.39 is 0 Å². The number of nitrogens with one attached hydrogen (secondary N) is 1. The average molecular weight is 281 g/mol. The molecule has 0 bridgehead atoms. The van der Waals surface area contributed by atoms with Crippen LogP contribution in [0.25, 0.3) is 11.3 Å². The van der Waals surface area contributed by atoms with Crippen molar-refractivity contribution in [2.45, 2.75) is 33.1 Å². The van der Waals surface area contributed by atoms with Gasteiger partial charge in [-0.05, 0) is 13.0 Å². The molecule has 2 aromatic rings. The van der Waals surface area contributed by atoms with E-state index in [9.17, 15) is 0 Å². The molecule has 2 rings (SSSR count). The molecule has 0 aromatic carbocycles. The van der Waals surface area contributed by atoms with E-state index in [4.69, 9.17) is 5.26 Å². The van der Waals surface area contributed by atoms with E-state index in [2.05, 4.69) is 47.1 Å². The highest BCUT2D eigenvalue weighted by Crippen LogP contribution is 2.25. The Balaban J connectivity index is 2.56. The van der Waals surface area contributed by atoms with Crippen LogP contribution in [0.2, 0.25) is 0 Å². The number of nitriles is 1. The van der Waals surface area contributed by atoms with Gasteiger partial charge in [-0.15, -0.1) is 0 Å². The monoisotopic (exact) mass is 281 g/mol. The lowest BCUT2D eigenvalue weighted by atomic mass is 9.95. The minimum atomic E-state index is -0.152. The van der Waals surface area contributed by atoms with Gasteiger partial charge in [-0.1, -0.05) is 20.8 Å². The molecule has 0 saturated carbocycles. The molecular formula is C16H19N5. The van der Waals surface area contributed by atoms with Crippen molar-refractivity contribution < 1.29 is 0 Å². The summed E-state index contributed by atoms with van der Waals surface area (Å²) in [6.07, 6.45) is 3.26. The van der Waals surface area contributed by atoms with Gasteiger partial charge in [-0.3, -0.25) is 4.98 Å². The predicted octanol–water partition coefficient (Wildman–Crippen LogP) is 3.14. The van der Waals surface area contributed by atoms with Crippen molar-refractivity contribution in [3.63, 3.8) is 0 Å². The van der Waals surface area contributed by atoms with E-state index in [1.54, 1.807) is 18.5 Å². The van der Waals surface area contributed by atoms with Crippen molar-refractivity contribution in [1.29, 1.82) is 5.26 Å². The van der Waals surface area contributed by atoms with Crippen LogP contribution in [0.4, 0.5) is 5.82 Å². The van der Waals surface area contributed by atoms with Gasteiger partial charge < -0.3 is 5.32 Å². The minimum Gasteiger partial charge on any atom is -0.370 e. The summed E-state index contributed by atoms with van der Waals surface area (Å²) in [5.74, 6) is 1.55. The number of pyridine rings is 1. The average Bonchev–Trinajstić information content (AvgIpc) is 2.46. The smallest absolute Gasteiger partial charge is 0.136 e. The van der Waals surface area contributed by atoms with Crippen molar-refractivity contribution in [3.05, 3.63) is 35.9 Å². The zero-order chi connectivity index (χ0) is 15.5. The Labute approximate surface area is 125 Å². The van der Waals surface area contributed by atoms with Crippen LogP contribution < -0.4 is 5.32 Å². The fourth-order valence-corrected chi connectivity index (χ4v) is 1.84. The fourth-order valence-electron chi connectivity index (χ4n) is 1.84. The van der Waals surface area contributed by atoms with Crippen LogP contribution in [0.1, 0.15) is 39.1 Å². The number of rotatable bonds is 3. The van der Waals surface area contributed by atoms with Crippen LogP contribution in [0.5, 0.6) is 0 Å². The van der Waals surface area contributed by atoms with E-state index in [-0.39, 0.29) is 5.41 Å².